The number of fused-ring (bicyclic) bond motifs is 1. The molecule has 0 aromatic heterocycles. The number of unbranched alkanes of at least 4 members (excludes halogenated alkanes) is 2. The molecule has 0 saturated heterocycles. The molecule has 0 bridgehead atoms. The van der Waals surface area contributed by atoms with Gasteiger partial charge in [0, 0.05) is 39.0 Å². The molecule has 1 aromatic rings. The van der Waals surface area contributed by atoms with E-state index in [0.29, 0.717) is 55.2 Å². The van der Waals surface area contributed by atoms with Crippen LogP contribution in [0.2, 0.25) is 0 Å². The Morgan fingerprint density at radius 3 is 2.56 bits per heavy atom. The average Bonchev–Trinajstić information content (AvgIpc) is 2.89. The van der Waals surface area contributed by atoms with Crippen molar-refractivity contribution in [2.24, 2.45) is 16.8 Å². The number of rotatable bonds is 12. The van der Waals surface area contributed by atoms with E-state index in [-0.39, 0.29) is 30.4 Å². The zero-order valence-corrected chi connectivity index (χ0v) is 24.3. The van der Waals surface area contributed by atoms with E-state index >= 15 is 0 Å². The van der Waals surface area contributed by atoms with Gasteiger partial charge in [-0.15, -0.1) is 0 Å². The molecule has 1 aromatic carbocycles. The molecule has 2 atom stereocenters. The highest BCUT2D eigenvalue weighted by molar-refractivity contribution is 5.99. The highest BCUT2D eigenvalue weighted by Crippen LogP contribution is 2.32. The smallest absolute Gasteiger partial charge is 0.325 e. The van der Waals surface area contributed by atoms with E-state index in [0.717, 1.165) is 50.6 Å². The molecular weight excluding hydrogens is 496 g/mol. The molecule has 9 nitrogen and oxygen atoms in total. The van der Waals surface area contributed by atoms with Crippen LogP contribution in [0.25, 0.3) is 0 Å². The molecule has 1 aliphatic heterocycles. The summed E-state index contributed by atoms with van der Waals surface area (Å²) in [5.74, 6) is 1.25. The number of nitrogens with zero attached hydrogens (tertiary/aromatic N) is 3. The Bertz CT molecular complexity index is 1020. The standard InChI is InChI=1S/C30H46N4O5/c1-6-7-8-16-33(5)27(36)13-10-17-38-25-14-15-26-24(18-25)19-34(30(32-26)31-23(4)35)20-28(37)39-29-21(2)11-9-12-22(29)3/h14-15,18,21-22,29H,6-13,16-17,19-20H2,1-5H3,(H,31,32,35). The van der Waals surface area contributed by atoms with Crippen LogP contribution < -0.4 is 10.1 Å². The van der Waals surface area contributed by atoms with Crippen LogP contribution in [0.1, 0.15) is 84.6 Å². The fraction of sp³-hybridized carbons (Fsp3) is 0.667. The first-order chi connectivity index (χ1) is 18.7. The fourth-order valence-electron chi connectivity index (χ4n) is 5.30. The lowest BCUT2D eigenvalue weighted by Gasteiger charge is -2.35. The first-order valence-corrected chi connectivity index (χ1v) is 14.5. The van der Waals surface area contributed by atoms with E-state index in [1.807, 2.05) is 25.2 Å². The molecule has 3 rings (SSSR count). The lowest BCUT2D eigenvalue weighted by Crippen LogP contribution is -2.47. The van der Waals surface area contributed by atoms with Crippen LogP contribution in [0.5, 0.6) is 5.75 Å². The second-order valence-electron chi connectivity index (χ2n) is 11.1. The van der Waals surface area contributed by atoms with E-state index < -0.39 is 0 Å². The summed E-state index contributed by atoms with van der Waals surface area (Å²) in [5, 5.41) is 2.75. The maximum absolute atomic E-state index is 12.9. The van der Waals surface area contributed by atoms with Gasteiger partial charge in [-0.1, -0.05) is 40.0 Å². The molecule has 1 N–H and O–H groups in total. The summed E-state index contributed by atoms with van der Waals surface area (Å²) in [7, 11) is 1.86. The van der Waals surface area contributed by atoms with Crippen LogP contribution in [0.15, 0.2) is 23.2 Å². The van der Waals surface area contributed by atoms with Crippen LogP contribution in [0.3, 0.4) is 0 Å². The second kappa shape index (κ2) is 14.9. The zero-order valence-electron chi connectivity index (χ0n) is 24.3. The molecule has 1 saturated carbocycles. The van der Waals surface area contributed by atoms with Gasteiger partial charge in [-0.05, 0) is 55.7 Å². The Hall–Kier alpha value is -3.10. The Morgan fingerprint density at radius 1 is 1.13 bits per heavy atom. The number of hydrogen-bond donors (Lipinski definition) is 1. The number of esters is 1. The van der Waals surface area contributed by atoms with Crippen LogP contribution in [0.4, 0.5) is 5.69 Å². The summed E-state index contributed by atoms with van der Waals surface area (Å²) < 4.78 is 11.8. The van der Waals surface area contributed by atoms with Gasteiger partial charge in [-0.2, -0.15) is 0 Å². The van der Waals surface area contributed by atoms with Crippen molar-refractivity contribution >= 4 is 29.4 Å². The van der Waals surface area contributed by atoms with E-state index in [1.165, 1.54) is 6.92 Å². The number of hydrogen-bond acceptors (Lipinski definition) is 7. The maximum Gasteiger partial charge on any atom is 0.325 e. The van der Waals surface area contributed by atoms with Crippen molar-refractivity contribution in [3.63, 3.8) is 0 Å². The van der Waals surface area contributed by atoms with Crippen molar-refractivity contribution in [2.45, 2.75) is 91.7 Å². The molecule has 1 fully saturated rings. The quantitative estimate of drug-likeness (QED) is 0.301. The Morgan fingerprint density at radius 2 is 1.87 bits per heavy atom. The number of nitrogens with one attached hydrogen (secondary N) is 1. The van der Waals surface area contributed by atoms with E-state index in [2.05, 4.69) is 31.1 Å². The van der Waals surface area contributed by atoms with Crippen molar-refractivity contribution in [1.29, 1.82) is 0 Å². The second-order valence-corrected chi connectivity index (χ2v) is 11.1. The third-order valence-corrected chi connectivity index (χ3v) is 7.58. The van der Waals surface area contributed by atoms with Crippen LogP contribution >= 0.6 is 0 Å². The summed E-state index contributed by atoms with van der Waals surface area (Å²) in [6.07, 6.45) is 7.58. The number of carbonyl (C=O) groups is 3. The average molecular weight is 543 g/mol. The van der Waals surface area contributed by atoms with Crippen molar-refractivity contribution in [1.82, 2.24) is 15.1 Å². The minimum Gasteiger partial charge on any atom is -0.494 e. The van der Waals surface area contributed by atoms with E-state index in [9.17, 15) is 14.4 Å². The molecule has 2 unspecified atom stereocenters. The number of amides is 2. The molecule has 39 heavy (non-hydrogen) atoms. The molecular formula is C30H46N4O5. The molecule has 0 radical (unpaired) electrons. The molecule has 2 aliphatic rings. The highest BCUT2D eigenvalue weighted by atomic mass is 16.5. The minimum absolute atomic E-state index is 0.00648. The van der Waals surface area contributed by atoms with Gasteiger partial charge in [0.25, 0.3) is 0 Å². The summed E-state index contributed by atoms with van der Waals surface area (Å²) >= 11 is 0. The molecule has 1 aliphatic carbocycles. The first-order valence-electron chi connectivity index (χ1n) is 14.5. The first kappa shape index (κ1) is 30.4. The Kier molecular flexibility index (Phi) is 11.6. The van der Waals surface area contributed by atoms with Gasteiger partial charge in [-0.3, -0.25) is 19.7 Å². The van der Waals surface area contributed by atoms with Crippen molar-refractivity contribution in [2.75, 3.05) is 26.7 Å². The van der Waals surface area contributed by atoms with Crippen molar-refractivity contribution in [3.05, 3.63) is 23.8 Å². The van der Waals surface area contributed by atoms with Gasteiger partial charge in [0.05, 0.1) is 12.3 Å². The highest BCUT2D eigenvalue weighted by Gasteiger charge is 2.32. The summed E-state index contributed by atoms with van der Waals surface area (Å²) in [6, 6.07) is 5.59. The van der Waals surface area contributed by atoms with Gasteiger partial charge >= 0.3 is 5.97 Å². The third kappa shape index (κ3) is 9.25. The predicted molar refractivity (Wildman–Crippen MR) is 152 cm³/mol. The van der Waals surface area contributed by atoms with Gasteiger partial charge < -0.3 is 19.3 Å². The SMILES string of the molecule is CCCCCN(C)C(=O)CCCOc1ccc2c(c1)CN(CC(=O)OC1C(C)CCCC1C)C(NC(C)=O)=N2. The number of ether oxygens (including phenoxy) is 2. The fourth-order valence-corrected chi connectivity index (χ4v) is 5.30. The lowest BCUT2D eigenvalue weighted by atomic mass is 9.80. The third-order valence-electron chi connectivity index (χ3n) is 7.58. The number of guanidine groups is 1. The van der Waals surface area contributed by atoms with Crippen LogP contribution in [-0.4, -0.2) is 66.4 Å². The molecule has 0 spiro atoms. The zero-order chi connectivity index (χ0) is 28.4. The number of carbonyl (C=O) groups excluding carboxylic acids is 3. The minimum atomic E-state index is -0.321. The van der Waals surface area contributed by atoms with Crippen LogP contribution in [-0.2, 0) is 25.7 Å². The van der Waals surface area contributed by atoms with Crippen LogP contribution in [0, 0.1) is 11.8 Å². The molecule has 216 valence electrons. The van der Waals surface area contributed by atoms with Gasteiger partial charge in [0.2, 0.25) is 17.8 Å². The summed E-state index contributed by atoms with van der Waals surface area (Å²) in [4.78, 5) is 45.2. The lowest BCUT2D eigenvalue weighted by molar-refractivity contribution is -0.157. The monoisotopic (exact) mass is 542 g/mol. The van der Waals surface area contributed by atoms with E-state index in [1.54, 1.807) is 9.80 Å². The molecule has 2 amide bonds. The largest absolute Gasteiger partial charge is 0.494 e. The number of benzene rings is 1. The number of aliphatic imine (C=N–C) groups is 1. The predicted octanol–water partition coefficient (Wildman–Crippen LogP) is 4.80. The topological polar surface area (TPSA) is 101 Å². The maximum atomic E-state index is 12.9. The van der Waals surface area contributed by atoms with Crippen molar-refractivity contribution < 1.29 is 23.9 Å². The summed E-state index contributed by atoms with van der Waals surface area (Å²) in [6.45, 7) is 9.45. The van der Waals surface area contributed by atoms with Crippen molar-refractivity contribution in [3.8, 4) is 5.75 Å². The van der Waals surface area contributed by atoms with Gasteiger partial charge in [0.15, 0.2) is 0 Å². The summed E-state index contributed by atoms with van der Waals surface area (Å²) in [5.41, 5.74) is 1.61. The normalized spacial score (nSPS) is 20.5. The molecule has 9 heteroatoms. The Labute approximate surface area is 233 Å². The van der Waals surface area contributed by atoms with Gasteiger partial charge in [0.1, 0.15) is 18.4 Å². The van der Waals surface area contributed by atoms with E-state index in [4.69, 9.17) is 9.47 Å². The van der Waals surface area contributed by atoms with Gasteiger partial charge in [-0.25, -0.2) is 4.99 Å². The molecule has 1 heterocycles. The Balaban J connectivity index is 1.57.